The Morgan fingerprint density at radius 3 is 2.55 bits per heavy atom. The van der Waals surface area contributed by atoms with Crippen molar-refractivity contribution < 1.29 is 19.0 Å². The number of hydrogen-bond donors (Lipinski definition) is 1. The third-order valence-corrected chi connectivity index (χ3v) is 3.71. The first-order valence-corrected chi connectivity index (χ1v) is 7.73. The molecule has 6 heteroatoms. The molecule has 3 rings (SSSR count). The molecule has 2 heterocycles. The fourth-order valence-corrected chi connectivity index (χ4v) is 2.79. The highest BCUT2D eigenvalue weighted by Gasteiger charge is 2.26. The Bertz CT molecular complexity index is 539. The molecule has 1 N–H and O–H groups in total. The molecule has 0 saturated carbocycles. The highest BCUT2D eigenvalue weighted by molar-refractivity contribution is 5.89. The SMILES string of the molecule is C[C@@H]1CN(C(=O)Nc2ccc3c(c2)OCCCO3)C[C@H](C)O1. The summed E-state index contributed by atoms with van der Waals surface area (Å²) in [6.45, 7) is 6.43. The van der Waals surface area contributed by atoms with Crippen molar-refractivity contribution in [1.29, 1.82) is 0 Å². The van der Waals surface area contributed by atoms with Gasteiger partial charge in [0.05, 0.1) is 25.4 Å². The van der Waals surface area contributed by atoms with E-state index in [9.17, 15) is 4.79 Å². The molecule has 0 radical (unpaired) electrons. The average Bonchev–Trinajstić information content (AvgIpc) is 2.71. The van der Waals surface area contributed by atoms with Gasteiger partial charge >= 0.3 is 6.03 Å². The molecule has 0 aromatic heterocycles. The van der Waals surface area contributed by atoms with Gasteiger partial charge in [-0.3, -0.25) is 0 Å². The Morgan fingerprint density at radius 1 is 1.14 bits per heavy atom. The van der Waals surface area contributed by atoms with Crippen molar-refractivity contribution in [2.75, 3.05) is 31.6 Å². The lowest BCUT2D eigenvalue weighted by atomic mass is 10.2. The average molecular weight is 306 g/mol. The van der Waals surface area contributed by atoms with E-state index < -0.39 is 0 Å². The second kappa shape index (κ2) is 6.44. The van der Waals surface area contributed by atoms with Crippen molar-refractivity contribution in [2.24, 2.45) is 0 Å². The monoisotopic (exact) mass is 306 g/mol. The molecule has 0 unspecified atom stereocenters. The number of carbonyl (C=O) groups is 1. The molecule has 2 atom stereocenters. The van der Waals surface area contributed by atoms with E-state index in [0.29, 0.717) is 37.7 Å². The van der Waals surface area contributed by atoms with Crippen LogP contribution in [0.2, 0.25) is 0 Å². The summed E-state index contributed by atoms with van der Waals surface area (Å²) in [5.41, 5.74) is 0.709. The van der Waals surface area contributed by atoms with Crippen molar-refractivity contribution in [3.63, 3.8) is 0 Å². The van der Waals surface area contributed by atoms with Crippen molar-refractivity contribution in [2.45, 2.75) is 32.5 Å². The van der Waals surface area contributed by atoms with Gasteiger partial charge < -0.3 is 24.4 Å². The van der Waals surface area contributed by atoms with Crippen molar-refractivity contribution >= 4 is 11.7 Å². The largest absolute Gasteiger partial charge is 0.490 e. The molecule has 1 aromatic carbocycles. The van der Waals surface area contributed by atoms with Gasteiger partial charge in [-0.2, -0.15) is 0 Å². The first-order valence-electron chi connectivity index (χ1n) is 7.73. The molecule has 1 fully saturated rings. The number of rotatable bonds is 1. The Balaban J connectivity index is 1.67. The van der Waals surface area contributed by atoms with Crippen LogP contribution < -0.4 is 14.8 Å². The summed E-state index contributed by atoms with van der Waals surface area (Å²) in [6.07, 6.45) is 0.969. The fourth-order valence-electron chi connectivity index (χ4n) is 2.79. The van der Waals surface area contributed by atoms with Crippen LogP contribution in [-0.4, -0.2) is 49.4 Å². The second-order valence-corrected chi connectivity index (χ2v) is 5.80. The van der Waals surface area contributed by atoms with Crippen molar-refractivity contribution in [3.8, 4) is 11.5 Å². The Hall–Kier alpha value is -1.95. The molecular weight excluding hydrogens is 284 g/mol. The maximum atomic E-state index is 12.4. The van der Waals surface area contributed by atoms with Gasteiger partial charge in [0.1, 0.15) is 0 Å². The Kier molecular flexibility index (Phi) is 4.38. The van der Waals surface area contributed by atoms with Crippen LogP contribution in [0.1, 0.15) is 20.3 Å². The van der Waals surface area contributed by atoms with Crippen molar-refractivity contribution in [3.05, 3.63) is 18.2 Å². The van der Waals surface area contributed by atoms with Crippen LogP contribution >= 0.6 is 0 Å². The lowest BCUT2D eigenvalue weighted by molar-refractivity contribution is -0.0530. The number of hydrogen-bond acceptors (Lipinski definition) is 4. The minimum Gasteiger partial charge on any atom is -0.490 e. The summed E-state index contributed by atoms with van der Waals surface area (Å²) in [4.78, 5) is 14.2. The van der Waals surface area contributed by atoms with Crippen LogP contribution in [0.15, 0.2) is 18.2 Å². The lowest BCUT2D eigenvalue weighted by Crippen LogP contribution is -2.49. The van der Waals surface area contributed by atoms with E-state index in [1.807, 2.05) is 32.0 Å². The molecule has 0 spiro atoms. The molecule has 0 aliphatic carbocycles. The van der Waals surface area contributed by atoms with E-state index in [2.05, 4.69) is 5.32 Å². The van der Waals surface area contributed by atoms with Crippen molar-refractivity contribution in [1.82, 2.24) is 4.90 Å². The maximum absolute atomic E-state index is 12.4. The number of fused-ring (bicyclic) bond motifs is 1. The number of morpholine rings is 1. The lowest BCUT2D eigenvalue weighted by Gasteiger charge is -2.35. The number of benzene rings is 1. The van der Waals surface area contributed by atoms with Crippen LogP contribution in [0, 0.1) is 0 Å². The topological polar surface area (TPSA) is 60.0 Å². The zero-order valence-electron chi connectivity index (χ0n) is 13.0. The van der Waals surface area contributed by atoms with Gasteiger partial charge in [-0.1, -0.05) is 0 Å². The van der Waals surface area contributed by atoms with Crippen LogP contribution in [-0.2, 0) is 4.74 Å². The van der Waals surface area contributed by atoms with Gasteiger partial charge in [0.2, 0.25) is 0 Å². The molecule has 2 aliphatic heterocycles. The second-order valence-electron chi connectivity index (χ2n) is 5.80. The minimum atomic E-state index is -0.114. The quantitative estimate of drug-likeness (QED) is 0.866. The highest BCUT2D eigenvalue weighted by Crippen LogP contribution is 2.32. The van der Waals surface area contributed by atoms with E-state index in [1.165, 1.54) is 0 Å². The van der Waals surface area contributed by atoms with Gasteiger partial charge in [-0.15, -0.1) is 0 Å². The number of anilines is 1. The summed E-state index contributed by atoms with van der Waals surface area (Å²) in [7, 11) is 0. The summed E-state index contributed by atoms with van der Waals surface area (Å²) >= 11 is 0. The highest BCUT2D eigenvalue weighted by atomic mass is 16.5. The molecule has 0 bridgehead atoms. The fraction of sp³-hybridized carbons (Fsp3) is 0.562. The summed E-state index contributed by atoms with van der Waals surface area (Å²) < 4.78 is 16.9. The Labute approximate surface area is 130 Å². The van der Waals surface area contributed by atoms with E-state index in [-0.39, 0.29) is 18.2 Å². The Morgan fingerprint density at radius 2 is 1.82 bits per heavy atom. The van der Waals surface area contributed by atoms with Crippen LogP contribution in [0.4, 0.5) is 10.5 Å². The molecule has 120 valence electrons. The number of ether oxygens (including phenoxy) is 3. The van der Waals surface area contributed by atoms with Gasteiger partial charge in [-0.25, -0.2) is 4.79 Å². The molecule has 1 saturated heterocycles. The van der Waals surface area contributed by atoms with Gasteiger partial charge in [0.15, 0.2) is 11.5 Å². The maximum Gasteiger partial charge on any atom is 0.322 e. The van der Waals surface area contributed by atoms with Crippen LogP contribution in [0.5, 0.6) is 11.5 Å². The predicted octanol–water partition coefficient (Wildman–Crippen LogP) is 2.49. The molecule has 2 amide bonds. The van der Waals surface area contributed by atoms with E-state index >= 15 is 0 Å². The molecule has 1 aromatic rings. The van der Waals surface area contributed by atoms with Gasteiger partial charge in [-0.05, 0) is 26.0 Å². The third-order valence-electron chi connectivity index (χ3n) is 3.71. The molecule has 2 aliphatic rings. The van der Waals surface area contributed by atoms with E-state index in [0.717, 1.165) is 12.2 Å². The number of nitrogens with zero attached hydrogens (tertiary/aromatic N) is 1. The predicted molar refractivity (Wildman–Crippen MR) is 82.6 cm³/mol. The normalized spacial score (nSPS) is 24.5. The summed E-state index contributed by atoms with van der Waals surface area (Å²) in [6, 6.07) is 5.36. The molecule has 22 heavy (non-hydrogen) atoms. The summed E-state index contributed by atoms with van der Waals surface area (Å²) in [5, 5.41) is 2.92. The standard InChI is InChI=1S/C16H22N2O4/c1-11-9-18(10-12(2)22-11)16(19)17-13-4-5-14-15(8-13)21-7-3-6-20-14/h4-5,8,11-12H,3,6-7,9-10H2,1-2H3,(H,17,19)/t11-,12+. The number of amides is 2. The third kappa shape index (κ3) is 3.44. The zero-order chi connectivity index (χ0) is 15.5. The smallest absolute Gasteiger partial charge is 0.322 e. The first-order chi connectivity index (χ1) is 10.6. The zero-order valence-corrected chi connectivity index (χ0v) is 13.0. The number of urea groups is 1. The van der Waals surface area contributed by atoms with Gasteiger partial charge in [0, 0.05) is 31.3 Å². The van der Waals surface area contributed by atoms with E-state index in [1.54, 1.807) is 4.90 Å². The summed E-state index contributed by atoms with van der Waals surface area (Å²) in [5.74, 6) is 1.41. The molecule has 6 nitrogen and oxygen atoms in total. The van der Waals surface area contributed by atoms with Gasteiger partial charge in [0.25, 0.3) is 0 Å². The molecular formula is C16H22N2O4. The number of nitrogens with one attached hydrogen (secondary N) is 1. The minimum absolute atomic E-state index is 0.0540. The first kappa shape index (κ1) is 15.0. The van der Waals surface area contributed by atoms with Crippen LogP contribution in [0.3, 0.4) is 0 Å². The van der Waals surface area contributed by atoms with E-state index in [4.69, 9.17) is 14.2 Å². The van der Waals surface area contributed by atoms with Crippen LogP contribution in [0.25, 0.3) is 0 Å². The number of carbonyl (C=O) groups excluding carboxylic acids is 1.